The zero-order chi connectivity index (χ0) is 25.5. The fourth-order valence-corrected chi connectivity index (χ4v) is 4.69. The van der Waals surface area contributed by atoms with E-state index in [1.807, 2.05) is 4.90 Å². The number of carbonyl (C=O) groups is 1. The molecule has 0 spiro atoms. The SMILES string of the molecule is CC(C)c1ccc(OCC(F)(F)F)c(S(=O)(=O)NC(=O)c2cc3c(F)cc(N4CCC4)cc3o2)c1. The van der Waals surface area contributed by atoms with Crippen molar-refractivity contribution in [2.45, 2.75) is 37.3 Å². The molecule has 7 nitrogen and oxygen atoms in total. The van der Waals surface area contributed by atoms with Crippen LogP contribution < -0.4 is 14.4 Å². The van der Waals surface area contributed by atoms with Gasteiger partial charge in [-0.1, -0.05) is 19.9 Å². The number of hydrogen-bond donors (Lipinski definition) is 1. The van der Waals surface area contributed by atoms with Crippen molar-refractivity contribution in [1.82, 2.24) is 4.72 Å². The van der Waals surface area contributed by atoms with Crippen LogP contribution >= 0.6 is 0 Å². The van der Waals surface area contributed by atoms with E-state index in [1.165, 1.54) is 12.1 Å². The van der Waals surface area contributed by atoms with Crippen LogP contribution in [0.4, 0.5) is 23.2 Å². The molecule has 2 heterocycles. The summed E-state index contributed by atoms with van der Waals surface area (Å²) in [6.45, 7) is 3.32. The molecule has 1 fully saturated rings. The first-order chi connectivity index (χ1) is 16.3. The molecular formula is C23H22F4N2O5S. The predicted molar refractivity (Wildman–Crippen MR) is 120 cm³/mol. The Bertz CT molecular complexity index is 1380. The van der Waals surface area contributed by atoms with Gasteiger partial charge in [0.2, 0.25) is 0 Å². The van der Waals surface area contributed by atoms with E-state index in [1.54, 1.807) is 24.6 Å². The average Bonchev–Trinajstić information content (AvgIpc) is 3.15. The van der Waals surface area contributed by atoms with Gasteiger partial charge in [-0.25, -0.2) is 17.5 Å². The van der Waals surface area contributed by atoms with Crippen LogP contribution in [0.1, 0.15) is 42.3 Å². The van der Waals surface area contributed by atoms with Crippen LogP contribution in [0, 0.1) is 5.82 Å². The van der Waals surface area contributed by atoms with Crippen molar-refractivity contribution in [3.63, 3.8) is 0 Å². The number of rotatable bonds is 7. The van der Waals surface area contributed by atoms with E-state index >= 15 is 0 Å². The molecule has 0 unspecified atom stereocenters. The van der Waals surface area contributed by atoms with E-state index in [0.29, 0.717) is 11.3 Å². The third-order valence-corrected chi connectivity index (χ3v) is 6.91. The summed E-state index contributed by atoms with van der Waals surface area (Å²) in [5.74, 6) is -3.04. The van der Waals surface area contributed by atoms with Gasteiger partial charge in [-0.05, 0) is 36.1 Å². The lowest BCUT2D eigenvalue weighted by molar-refractivity contribution is -0.153. The van der Waals surface area contributed by atoms with Crippen LogP contribution in [0.3, 0.4) is 0 Å². The Hall–Kier alpha value is -3.28. The summed E-state index contributed by atoms with van der Waals surface area (Å²) in [6, 6.07) is 7.61. The predicted octanol–water partition coefficient (Wildman–Crippen LogP) is 4.97. The molecule has 1 amide bonds. The van der Waals surface area contributed by atoms with E-state index in [0.717, 1.165) is 37.7 Å². The summed E-state index contributed by atoms with van der Waals surface area (Å²) in [4.78, 5) is 14.0. The molecule has 188 valence electrons. The molecule has 0 radical (unpaired) electrons. The molecule has 0 atom stereocenters. The number of benzene rings is 2. The van der Waals surface area contributed by atoms with E-state index in [-0.39, 0.29) is 16.9 Å². The van der Waals surface area contributed by atoms with E-state index in [9.17, 15) is 30.8 Å². The van der Waals surface area contributed by atoms with E-state index < -0.39 is 50.9 Å². The van der Waals surface area contributed by atoms with Gasteiger partial charge in [-0.3, -0.25) is 4.79 Å². The van der Waals surface area contributed by atoms with E-state index in [2.05, 4.69) is 0 Å². The maximum Gasteiger partial charge on any atom is 0.422 e. The minimum absolute atomic E-state index is 0.00664. The molecule has 1 aliphatic rings. The number of alkyl halides is 3. The smallest absolute Gasteiger partial charge is 0.422 e. The van der Waals surface area contributed by atoms with Crippen LogP contribution in [-0.2, 0) is 10.0 Å². The highest BCUT2D eigenvalue weighted by atomic mass is 32.2. The molecule has 0 saturated carbocycles. The van der Waals surface area contributed by atoms with Crippen molar-refractivity contribution in [2.75, 3.05) is 24.6 Å². The second-order valence-corrected chi connectivity index (χ2v) is 10.1. The summed E-state index contributed by atoms with van der Waals surface area (Å²) in [5.41, 5.74) is 1.14. The Morgan fingerprint density at radius 3 is 2.49 bits per heavy atom. The summed E-state index contributed by atoms with van der Waals surface area (Å²) in [6.07, 6.45) is -3.73. The molecule has 3 aromatic rings. The zero-order valence-corrected chi connectivity index (χ0v) is 19.6. The van der Waals surface area contributed by atoms with Crippen LogP contribution in [-0.4, -0.2) is 40.2 Å². The van der Waals surface area contributed by atoms with Gasteiger partial charge in [-0.2, -0.15) is 13.2 Å². The molecule has 35 heavy (non-hydrogen) atoms. The van der Waals surface area contributed by atoms with Gasteiger partial charge in [-0.15, -0.1) is 0 Å². The molecule has 1 aliphatic heterocycles. The first-order valence-corrected chi connectivity index (χ1v) is 12.2. The number of amides is 1. The lowest BCUT2D eigenvalue weighted by atomic mass is 10.0. The number of sulfonamides is 1. The van der Waals surface area contributed by atoms with Crippen LogP contribution in [0.2, 0.25) is 0 Å². The van der Waals surface area contributed by atoms with Gasteiger partial charge in [0.25, 0.3) is 10.0 Å². The third kappa shape index (κ3) is 5.37. The lowest BCUT2D eigenvalue weighted by Gasteiger charge is -2.33. The third-order valence-electron chi connectivity index (χ3n) is 5.56. The first-order valence-electron chi connectivity index (χ1n) is 10.7. The van der Waals surface area contributed by atoms with Crippen LogP contribution in [0.25, 0.3) is 11.0 Å². The maximum atomic E-state index is 14.6. The second kappa shape index (κ2) is 9.06. The fourth-order valence-electron chi connectivity index (χ4n) is 3.55. The minimum atomic E-state index is -4.70. The minimum Gasteiger partial charge on any atom is -0.483 e. The number of nitrogens with one attached hydrogen (secondary N) is 1. The highest BCUT2D eigenvalue weighted by Gasteiger charge is 2.31. The number of halogens is 4. The Labute approximate surface area is 198 Å². The van der Waals surface area contributed by atoms with Gasteiger partial charge in [0.1, 0.15) is 22.0 Å². The largest absolute Gasteiger partial charge is 0.483 e. The van der Waals surface area contributed by atoms with Crippen molar-refractivity contribution in [1.29, 1.82) is 0 Å². The Balaban J connectivity index is 1.64. The average molecular weight is 514 g/mol. The Morgan fingerprint density at radius 2 is 1.89 bits per heavy atom. The zero-order valence-electron chi connectivity index (χ0n) is 18.8. The molecule has 2 aromatic carbocycles. The number of carbonyl (C=O) groups excluding carboxylic acids is 1. The molecular weight excluding hydrogens is 492 g/mol. The molecule has 1 aromatic heterocycles. The number of nitrogens with zero attached hydrogens (tertiary/aromatic N) is 1. The van der Waals surface area contributed by atoms with Gasteiger partial charge in [0.05, 0.1) is 5.39 Å². The molecule has 0 aliphatic carbocycles. The lowest BCUT2D eigenvalue weighted by Crippen LogP contribution is -2.36. The van der Waals surface area contributed by atoms with Crippen molar-refractivity contribution in [2.24, 2.45) is 0 Å². The highest BCUT2D eigenvalue weighted by molar-refractivity contribution is 7.90. The van der Waals surface area contributed by atoms with Gasteiger partial charge in [0, 0.05) is 30.9 Å². The molecule has 4 rings (SSSR count). The van der Waals surface area contributed by atoms with Crippen LogP contribution in [0.15, 0.2) is 45.7 Å². The number of ether oxygens (including phenoxy) is 1. The molecule has 12 heteroatoms. The Kier molecular flexibility index (Phi) is 6.43. The van der Waals surface area contributed by atoms with Crippen molar-refractivity contribution >= 4 is 32.6 Å². The van der Waals surface area contributed by atoms with Gasteiger partial charge in [0.15, 0.2) is 12.4 Å². The molecule has 0 bridgehead atoms. The van der Waals surface area contributed by atoms with Gasteiger partial charge >= 0.3 is 12.1 Å². The van der Waals surface area contributed by atoms with Gasteiger partial charge < -0.3 is 14.1 Å². The first kappa shape index (κ1) is 24.8. The monoisotopic (exact) mass is 514 g/mol. The number of anilines is 1. The fraction of sp³-hybridized carbons (Fsp3) is 0.348. The number of fused-ring (bicyclic) bond motifs is 1. The summed E-state index contributed by atoms with van der Waals surface area (Å²) >= 11 is 0. The molecule has 1 saturated heterocycles. The topological polar surface area (TPSA) is 88.8 Å². The van der Waals surface area contributed by atoms with Crippen LogP contribution in [0.5, 0.6) is 5.75 Å². The summed E-state index contributed by atoms with van der Waals surface area (Å²) in [5, 5.41) is -0.00664. The quantitative estimate of drug-likeness (QED) is 0.448. The second-order valence-electron chi connectivity index (χ2n) is 8.49. The summed E-state index contributed by atoms with van der Waals surface area (Å²) < 4.78 is 90.4. The maximum absolute atomic E-state index is 14.6. The summed E-state index contributed by atoms with van der Waals surface area (Å²) in [7, 11) is -4.68. The Morgan fingerprint density at radius 1 is 1.17 bits per heavy atom. The molecule has 1 N–H and O–H groups in total. The number of hydrogen-bond acceptors (Lipinski definition) is 6. The normalized spacial score (nSPS) is 14.3. The van der Waals surface area contributed by atoms with Crippen molar-refractivity contribution in [3.05, 3.63) is 53.5 Å². The highest BCUT2D eigenvalue weighted by Crippen LogP contribution is 2.32. The van der Waals surface area contributed by atoms with Crippen molar-refractivity contribution < 1.29 is 39.9 Å². The standard InChI is InChI=1S/C23H22F4N2O5S/c1-13(2)14-4-5-18(33-12-23(25,26)27)21(8-14)35(31,32)28-22(30)20-11-16-17(24)9-15(10-19(16)34-20)29-6-3-7-29/h4-5,8-11,13H,3,6-7,12H2,1-2H3,(H,28,30). The number of furan rings is 1. The van der Waals surface area contributed by atoms with E-state index in [4.69, 9.17) is 9.15 Å². The van der Waals surface area contributed by atoms with Crippen molar-refractivity contribution in [3.8, 4) is 5.75 Å².